The third-order valence-corrected chi connectivity index (χ3v) is 5.26. The summed E-state index contributed by atoms with van der Waals surface area (Å²) in [5.74, 6) is 0.994. The van der Waals surface area contributed by atoms with E-state index >= 15 is 0 Å². The van der Waals surface area contributed by atoms with Gasteiger partial charge in [0.15, 0.2) is 0 Å². The Morgan fingerprint density at radius 3 is 2.28 bits per heavy atom. The van der Waals surface area contributed by atoms with Crippen molar-refractivity contribution in [2.45, 2.75) is 20.8 Å². The van der Waals surface area contributed by atoms with Crippen LogP contribution in [0.1, 0.15) is 16.9 Å². The van der Waals surface area contributed by atoms with Crippen LogP contribution in [0.25, 0.3) is 38.5 Å². The Kier molecular flexibility index (Phi) is 2.87. The topological polar surface area (TPSA) is 18.1 Å². The van der Waals surface area contributed by atoms with Crippen molar-refractivity contribution in [1.82, 2.24) is 4.57 Å². The number of fused-ring (bicyclic) bond motifs is 4. The normalized spacial score (nSPS) is 11.8. The summed E-state index contributed by atoms with van der Waals surface area (Å²) in [6.07, 6.45) is 0. The van der Waals surface area contributed by atoms with Crippen molar-refractivity contribution in [2.24, 2.45) is 0 Å². The summed E-state index contributed by atoms with van der Waals surface area (Å²) >= 11 is 0. The fraction of sp³-hybridized carbons (Fsp3) is 0.130. The molecule has 122 valence electrons. The molecule has 0 radical (unpaired) electrons. The summed E-state index contributed by atoms with van der Waals surface area (Å²) in [5, 5.41) is 3.69. The van der Waals surface area contributed by atoms with Gasteiger partial charge in [-0.1, -0.05) is 35.9 Å². The molecule has 2 heterocycles. The summed E-state index contributed by atoms with van der Waals surface area (Å²) in [6, 6.07) is 21.8. The van der Waals surface area contributed by atoms with E-state index < -0.39 is 0 Å². The molecule has 2 heteroatoms. The van der Waals surface area contributed by atoms with E-state index in [0.717, 1.165) is 11.3 Å². The Morgan fingerprint density at radius 1 is 0.720 bits per heavy atom. The van der Waals surface area contributed by atoms with Gasteiger partial charge < -0.3 is 8.98 Å². The average molecular weight is 325 g/mol. The lowest BCUT2D eigenvalue weighted by Gasteiger charge is -2.08. The first-order valence-electron chi connectivity index (χ1n) is 8.63. The Balaban J connectivity index is 1.99. The second kappa shape index (κ2) is 5.00. The summed E-state index contributed by atoms with van der Waals surface area (Å²) < 4.78 is 8.33. The Morgan fingerprint density at radius 2 is 1.48 bits per heavy atom. The van der Waals surface area contributed by atoms with Crippen LogP contribution in [0.2, 0.25) is 0 Å². The molecule has 5 aromatic rings. The van der Waals surface area contributed by atoms with Crippen molar-refractivity contribution in [3.05, 3.63) is 77.6 Å². The predicted molar refractivity (Wildman–Crippen MR) is 105 cm³/mol. The van der Waals surface area contributed by atoms with Crippen LogP contribution >= 0.6 is 0 Å². The Labute approximate surface area is 146 Å². The molecule has 0 spiro atoms. The number of aromatic nitrogens is 1. The van der Waals surface area contributed by atoms with Crippen LogP contribution < -0.4 is 0 Å². The number of rotatable bonds is 1. The highest BCUT2D eigenvalue weighted by Crippen LogP contribution is 2.36. The monoisotopic (exact) mass is 325 g/mol. The zero-order chi connectivity index (χ0) is 17.1. The van der Waals surface area contributed by atoms with E-state index in [-0.39, 0.29) is 0 Å². The molecule has 3 aromatic carbocycles. The van der Waals surface area contributed by atoms with Crippen molar-refractivity contribution >= 4 is 32.8 Å². The van der Waals surface area contributed by atoms with Gasteiger partial charge in [-0.05, 0) is 56.7 Å². The van der Waals surface area contributed by atoms with Crippen LogP contribution in [0.5, 0.6) is 0 Å². The summed E-state index contributed by atoms with van der Waals surface area (Å²) in [5.41, 5.74) is 7.10. The second-order valence-corrected chi connectivity index (χ2v) is 6.84. The van der Waals surface area contributed by atoms with Gasteiger partial charge in [-0.2, -0.15) is 0 Å². The molecule has 0 fully saturated rings. The first-order valence-corrected chi connectivity index (χ1v) is 8.63. The molecule has 0 N–H and O–H groups in total. The van der Waals surface area contributed by atoms with Crippen molar-refractivity contribution in [3.63, 3.8) is 0 Å². The molecule has 0 amide bonds. The molecule has 0 saturated carbocycles. The standard InChI is InChI=1S/C23H19NO/c1-14-8-10-17(11-9-14)24-21-7-5-4-6-18(21)20-13-23-19(12-22(20)24)15(2)16(3)25-23/h4-13H,1-3H3. The van der Waals surface area contributed by atoms with Crippen molar-refractivity contribution in [3.8, 4) is 5.69 Å². The zero-order valence-electron chi connectivity index (χ0n) is 14.6. The molecule has 2 aromatic heterocycles. The SMILES string of the molecule is Cc1ccc(-n2c3ccccc3c3cc4oc(C)c(C)c4cc32)cc1. The van der Waals surface area contributed by atoms with E-state index in [1.807, 2.05) is 6.92 Å². The van der Waals surface area contributed by atoms with Crippen LogP contribution in [-0.2, 0) is 0 Å². The minimum Gasteiger partial charge on any atom is -0.461 e. The van der Waals surface area contributed by atoms with Gasteiger partial charge in [-0.15, -0.1) is 0 Å². The Hall–Kier alpha value is -3.00. The van der Waals surface area contributed by atoms with Crippen LogP contribution in [0.3, 0.4) is 0 Å². The lowest BCUT2D eigenvalue weighted by molar-refractivity contribution is 0.575. The third kappa shape index (κ3) is 1.97. The number of furan rings is 1. The molecule has 0 bridgehead atoms. The molecule has 0 unspecified atom stereocenters. The predicted octanol–water partition coefficient (Wildman–Crippen LogP) is 6.46. The highest BCUT2D eigenvalue weighted by molar-refractivity contribution is 6.13. The van der Waals surface area contributed by atoms with E-state index in [4.69, 9.17) is 4.42 Å². The number of hydrogen-bond donors (Lipinski definition) is 0. The quantitative estimate of drug-likeness (QED) is 0.346. The van der Waals surface area contributed by atoms with Crippen molar-refractivity contribution in [1.29, 1.82) is 0 Å². The first kappa shape index (κ1) is 14.4. The molecule has 0 aliphatic carbocycles. The van der Waals surface area contributed by atoms with Gasteiger partial charge in [-0.3, -0.25) is 0 Å². The molecule has 0 aliphatic heterocycles. The van der Waals surface area contributed by atoms with Crippen LogP contribution in [-0.4, -0.2) is 4.57 Å². The number of benzene rings is 3. The van der Waals surface area contributed by atoms with E-state index in [1.54, 1.807) is 0 Å². The van der Waals surface area contributed by atoms with E-state index in [2.05, 4.69) is 79.1 Å². The second-order valence-electron chi connectivity index (χ2n) is 6.84. The maximum atomic E-state index is 5.98. The molecular formula is C23H19NO. The fourth-order valence-electron chi connectivity index (χ4n) is 3.78. The molecule has 0 aliphatic rings. The van der Waals surface area contributed by atoms with Crippen molar-refractivity contribution in [2.75, 3.05) is 0 Å². The number of nitrogens with zero attached hydrogens (tertiary/aromatic N) is 1. The van der Waals surface area contributed by atoms with E-state index in [1.165, 1.54) is 44.0 Å². The highest BCUT2D eigenvalue weighted by Gasteiger charge is 2.15. The van der Waals surface area contributed by atoms with E-state index in [9.17, 15) is 0 Å². The molecule has 5 rings (SSSR count). The van der Waals surface area contributed by atoms with E-state index in [0.29, 0.717) is 0 Å². The van der Waals surface area contributed by atoms with Crippen LogP contribution in [0.15, 0.2) is 65.1 Å². The maximum absolute atomic E-state index is 5.98. The summed E-state index contributed by atoms with van der Waals surface area (Å²) in [4.78, 5) is 0. The van der Waals surface area contributed by atoms with Gasteiger partial charge in [0.05, 0.1) is 11.0 Å². The minimum absolute atomic E-state index is 0.967. The number of aryl methyl sites for hydroxylation is 3. The zero-order valence-corrected chi connectivity index (χ0v) is 14.6. The van der Waals surface area contributed by atoms with Crippen molar-refractivity contribution < 1.29 is 4.42 Å². The Bertz CT molecular complexity index is 1250. The maximum Gasteiger partial charge on any atom is 0.135 e. The van der Waals surface area contributed by atoms with Gasteiger partial charge in [0.1, 0.15) is 11.3 Å². The largest absolute Gasteiger partial charge is 0.461 e. The molecule has 0 saturated heterocycles. The fourth-order valence-corrected chi connectivity index (χ4v) is 3.78. The van der Waals surface area contributed by atoms with Gasteiger partial charge in [-0.25, -0.2) is 0 Å². The molecule has 0 atom stereocenters. The average Bonchev–Trinajstić information content (AvgIpc) is 3.09. The number of para-hydroxylation sites is 1. The first-order chi connectivity index (χ1) is 12.1. The van der Waals surface area contributed by atoms with Gasteiger partial charge in [0.2, 0.25) is 0 Å². The minimum atomic E-state index is 0.967. The summed E-state index contributed by atoms with van der Waals surface area (Å²) in [7, 11) is 0. The van der Waals surface area contributed by atoms with Crippen LogP contribution in [0, 0.1) is 20.8 Å². The van der Waals surface area contributed by atoms with Crippen LogP contribution in [0.4, 0.5) is 0 Å². The number of hydrogen-bond acceptors (Lipinski definition) is 1. The molecule has 25 heavy (non-hydrogen) atoms. The lowest BCUT2D eigenvalue weighted by atomic mass is 10.1. The van der Waals surface area contributed by atoms with Gasteiger partial charge >= 0.3 is 0 Å². The van der Waals surface area contributed by atoms with Gasteiger partial charge in [0, 0.05) is 21.8 Å². The van der Waals surface area contributed by atoms with Gasteiger partial charge in [0.25, 0.3) is 0 Å². The lowest BCUT2D eigenvalue weighted by Crippen LogP contribution is -1.93. The smallest absolute Gasteiger partial charge is 0.135 e. The highest BCUT2D eigenvalue weighted by atomic mass is 16.3. The molecule has 2 nitrogen and oxygen atoms in total. The third-order valence-electron chi connectivity index (χ3n) is 5.26. The summed E-state index contributed by atoms with van der Waals surface area (Å²) in [6.45, 7) is 6.29. The molecular weight excluding hydrogens is 306 g/mol.